The number of hydrogen-bond donors (Lipinski definition) is 1. The van der Waals surface area contributed by atoms with Crippen LogP contribution in [-0.2, 0) is 9.53 Å². The predicted molar refractivity (Wildman–Crippen MR) is 119 cm³/mol. The van der Waals surface area contributed by atoms with Crippen molar-refractivity contribution in [2.75, 3.05) is 39.3 Å². The van der Waals surface area contributed by atoms with Gasteiger partial charge < -0.3 is 20.3 Å². The number of rotatable bonds is 7. The molecule has 0 radical (unpaired) electrons. The highest BCUT2D eigenvalue weighted by Crippen LogP contribution is 2.42. The Morgan fingerprint density at radius 3 is 2.14 bits per heavy atom. The number of likely N-dealkylation sites (tertiary alicyclic amines) is 1. The van der Waals surface area contributed by atoms with Crippen LogP contribution in [0.4, 0.5) is 0 Å². The molecule has 3 rings (SSSR count). The van der Waals surface area contributed by atoms with Crippen molar-refractivity contribution in [2.24, 2.45) is 23.5 Å². The molecule has 2 N–H and O–H groups in total. The van der Waals surface area contributed by atoms with Gasteiger partial charge in [-0.3, -0.25) is 4.79 Å². The topological polar surface area (TPSA) is 58.8 Å². The normalized spacial score (nSPS) is 30.5. The molecule has 3 aliphatic rings. The Bertz CT molecular complexity index is 443. The minimum atomic E-state index is 0. The highest BCUT2D eigenvalue weighted by atomic mass is 35.5. The second-order valence-corrected chi connectivity index (χ2v) is 8.62. The largest absolute Gasteiger partial charge is 0.377 e. The predicted octanol–water partition coefficient (Wildman–Crippen LogP) is 3.33. The Balaban J connectivity index is 0.00000196. The van der Waals surface area contributed by atoms with E-state index in [9.17, 15) is 4.79 Å². The van der Waals surface area contributed by atoms with Gasteiger partial charge in [0.2, 0.25) is 5.91 Å². The summed E-state index contributed by atoms with van der Waals surface area (Å²) in [5.41, 5.74) is 6.39. The summed E-state index contributed by atoms with van der Waals surface area (Å²) in [4.78, 5) is 17.5. The van der Waals surface area contributed by atoms with Gasteiger partial charge in [0.25, 0.3) is 0 Å². The maximum absolute atomic E-state index is 13.0. The van der Waals surface area contributed by atoms with Gasteiger partial charge in [-0.25, -0.2) is 0 Å². The first-order chi connectivity index (χ1) is 12.6. The number of likely N-dealkylation sites (N-methyl/N-ethyl adjacent to an activating group) is 1. The number of halogens is 2. The second kappa shape index (κ2) is 12.6. The van der Waals surface area contributed by atoms with Crippen molar-refractivity contribution in [1.29, 1.82) is 0 Å². The fraction of sp³-hybridized carbons (Fsp3) is 0.952. The molecule has 2 saturated carbocycles. The van der Waals surface area contributed by atoms with Crippen LogP contribution in [0.1, 0.15) is 58.8 Å². The Kier molecular flexibility index (Phi) is 11.7. The Morgan fingerprint density at radius 2 is 1.61 bits per heavy atom. The average molecular weight is 438 g/mol. The molecule has 2 bridgehead atoms. The van der Waals surface area contributed by atoms with Crippen molar-refractivity contribution in [3.8, 4) is 0 Å². The van der Waals surface area contributed by atoms with Crippen LogP contribution in [0.5, 0.6) is 0 Å². The molecule has 7 heteroatoms. The highest BCUT2D eigenvalue weighted by Gasteiger charge is 2.42. The molecule has 0 aromatic heterocycles. The Hall–Kier alpha value is -0.0700. The smallest absolute Gasteiger partial charge is 0.225 e. The molecule has 5 nitrogen and oxygen atoms in total. The van der Waals surface area contributed by atoms with Crippen LogP contribution in [-0.4, -0.2) is 67.2 Å². The number of amides is 1. The van der Waals surface area contributed by atoms with E-state index >= 15 is 0 Å². The first kappa shape index (κ1) is 26.0. The molecular formula is C21H41Cl2N3O2. The molecule has 166 valence electrons. The summed E-state index contributed by atoms with van der Waals surface area (Å²) in [6, 6.07) is 0.345. The van der Waals surface area contributed by atoms with E-state index in [1.54, 1.807) is 0 Å². The molecule has 1 heterocycles. The van der Waals surface area contributed by atoms with E-state index in [4.69, 9.17) is 10.5 Å². The molecular weight excluding hydrogens is 397 g/mol. The number of nitrogens with two attached hydrogens (primary N) is 1. The summed E-state index contributed by atoms with van der Waals surface area (Å²) < 4.78 is 6.07. The number of piperidine rings is 1. The second-order valence-electron chi connectivity index (χ2n) is 8.62. The molecule has 0 aromatic rings. The summed E-state index contributed by atoms with van der Waals surface area (Å²) in [6.07, 6.45) is 8.11. The van der Waals surface area contributed by atoms with E-state index in [-0.39, 0.29) is 30.7 Å². The van der Waals surface area contributed by atoms with E-state index in [1.807, 2.05) is 0 Å². The van der Waals surface area contributed by atoms with E-state index in [1.165, 1.54) is 19.3 Å². The van der Waals surface area contributed by atoms with Gasteiger partial charge in [0.05, 0.1) is 12.7 Å². The van der Waals surface area contributed by atoms with Gasteiger partial charge >= 0.3 is 0 Å². The maximum atomic E-state index is 13.0. The van der Waals surface area contributed by atoms with Gasteiger partial charge in [-0.2, -0.15) is 0 Å². The van der Waals surface area contributed by atoms with Crippen molar-refractivity contribution in [3.05, 3.63) is 0 Å². The first-order valence-corrected chi connectivity index (χ1v) is 11.0. The number of hydrogen-bond acceptors (Lipinski definition) is 4. The molecule has 1 saturated heterocycles. The summed E-state index contributed by atoms with van der Waals surface area (Å²) >= 11 is 0. The molecule has 1 aliphatic heterocycles. The van der Waals surface area contributed by atoms with Gasteiger partial charge in [-0.1, -0.05) is 20.3 Å². The van der Waals surface area contributed by atoms with Crippen LogP contribution in [0.3, 0.4) is 0 Å². The monoisotopic (exact) mass is 437 g/mol. The van der Waals surface area contributed by atoms with Crippen LogP contribution in [0.15, 0.2) is 0 Å². The molecule has 0 spiro atoms. The van der Waals surface area contributed by atoms with Gasteiger partial charge in [-0.05, 0) is 63.5 Å². The number of nitrogens with zero attached hydrogens (tertiary/aromatic N) is 2. The number of carbonyl (C=O) groups excluding carboxylic acids is 1. The minimum Gasteiger partial charge on any atom is -0.377 e. The summed E-state index contributed by atoms with van der Waals surface area (Å²) in [5, 5.41) is 0. The zero-order valence-corrected chi connectivity index (χ0v) is 19.3. The van der Waals surface area contributed by atoms with Crippen LogP contribution in [0.25, 0.3) is 0 Å². The van der Waals surface area contributed by atoms with Crippen molar-refractivity contribution in [1.82, 2.24) is 9.80 Å². The summed E-state index contributed by atoms with van der Waals surface area (Å²) in [6.45, 7) is 10.1. The minimum absolute atomic E-state index is 0. The lowest BCUT2D eigenvalue weighted by Gasteiger charge is -2.45. The van der Waals surface area contributed by atoms with Crippen molar-refractivity contribution < 1.29 is 9.53 Å². The lowest BCUT2D eigenvalue weighted by Crippen LogP contribution is -2.51. The zero-order chi connectivity index (χ0) is 18.5. The van der Waals surface area contributed by atoms with Crippen molar-refractivity contribution in [3.63, 3.8) is 0 Å². The van der Waals surface area contributed by atoms with E-state index in [0.717, 1.165) is 65.0 Å². The van der Waals surface area contributed by atoms with Crippen LogP contribution < -0.4 is 5.73 Å². The average Bonchev–Trinajstić information content (AvgIpc) is 2.65. The zero-order valence-electron chi connectivity index (χ0n) is 17.7. The molecule has 28 heavy (non-hydrogen) atoms. The third-order valence-corrected chi connectivity index (χ3v) is 7.17. The number of fused-ring (bicyclic) bond motifs is 2. The molecule has 2 atom stereocenters. The van der Waals surface area contributed by atoms with Gasteiger partial charge in [0, 0.05) is 31.6 Å². The van der Waals surface area contributed by atoms with Crippen molar-refractivity contribution >= 4 is 30.7 Å². The first-order valence-electron chi connectivity index (χ1n) is 11.0. The lowest BCUT2D eigenvalue weighted by atomic mass is 9.65. The third-order valence-electron chi connectivity index (χ3n) is 7.17. The van der Waals surface area contributed by atoms with Gasteiger partial charge in [0.15, 0.2) is 0 Å². The quantitative estimate of drug-likeness (QED) is 0.663. The van der Waals surface area contributed by atoms with E-state index < -0.39 is 0 Å². The standard InChI is InChI=1S/C21H39N3O2.2ClH/c1-3-23(4-2)12-13-26-19-8-10-24(11-9-19)21(25)18-14-16-6-5-7-17(15-18)20(16)22;;/h16-20H,3-15,22H2,1-2H3;2*1H. The third kappa shape index (κ3) is 6.46. The van der Waals surface area contributed by atoms with E-state index in [2.05, 4.69) is 23.6 Å². The van der Waals surface area contributed by atoms with Crippen LogP contribution >= 0.6 is 24.8 Å². The maximum Gasteiger partial charge on any atom is 0.225 e. The van der Waals surface area contributed by atoms with Crippen molar-refractivity contribution in [2.45, 2.75) is 70.9 Å². The molecule has 2 unspecified atom stereocenters. The van der Waals surface area contributed by atoms with Gasteiger partial charge in [-0.15, -0.1) is 24.8 Å². The molecule has 2 aliphatic carbocycles. The Labute approximate surface area is 183 Å². The van der Waals surface area contributed by atoms with Gasteiger partial charge in [0.1, 0.15) is 0 Å². The lowest BCUT2D eigenvalue weighted by molar-refractivity contribution is -0.141. The molecule has 3 fully saturated rings. The van der Waals surface area contributed by atoms with Crippen LogP contribution in [0.2, 0.25) is 0 Å². The SMILES string of the molecule is CCN(CC)CCOC1CCN(C(=O)C2CC3CCCC(C2)C3N)CC1.Cl.Cl. The number of ether oxygens (including phenoxy) is 1. The molecule has 0 aromatic carbocycles. The molecule has 1 amide bonds. The van der Waals surface area contributed by atoms with E-state index in [0.29, 0.717) is 29.9 Å². The van der Waals surface area contributed by atoms with Crippen LogP contribution in [0, 0.1) is 17.8 Å². The number of carbonyl (C=O) groups is 1. The fourth-order valence-corrected chi connectivity index (χ4v) is 5.38. The highest BCUT2D eigenvalue weighted by molar-refractivity contribution is 5.85. The fourth-order valence-electron chi connectivity index (χ4n) is 5.38. The summed E-state index contributed by atoms with van der Waals surface area (Å²) in [5.74, 6) is 1.79. The Morgan fingerprint density at radius 1 is 1.04 bits per heavy atom. The summed E-state index contributed by atoms with van der Waals surface area (Å²) in [7, 11) is 0.